The Morgan fingerprint density at radius 1 is 1.31 bits per heavy atom. The summed E-state index contributed by atoms with van der Waals surface area (Å²) in [5.41, 5.74) is 0. The second-order valence-electron chi connectivity index (χ2n) is 3.53. The predicted octanol–water partition coefficient (Wildman–Crippen LogP) is 2.46. The van der Waals surface area contributed by atoms with Crippen LogP contribution < -0.4 is 0 Å². The number of halogens is 1. The van der Waals surface area contributed by atoms with Crippen LogP contribution in [0.3, 0.4) is 0 Å². The fourth-order valence-corrected chi connectivity index (χ4v) is 2.02. The molecule has 0 aliphatic carbocycles. The average molecular weight is 227 g/mol. The first-order valence-electron chi connectivity index (χ1n) is 4.73. The lowest BCUT2D eigenvalue weighted by Crippen LogP contribution is -2.12. The smallest absolute Gasteiger partial charge is 0.150 e. The summed E-state index contributed by atoms with van der Waals surface area (Å²) in [5.74, 6) is 0.948. The fraction of sp³-hybridized carbons (Fsp3) is 1.00. The summed E-state index contributed by atoms with van der Waals surface area (Å²) >= 11 is 5.86. The molecule has 0 aromatic rings. The number of hydrogen-bond donors (Lipinski definition) is 0. The molecule has 0 saturated carbocycles. The van der Waals surface area contributed by atoms with Crippen LogP contribution in [0.5, 0.6) is 0 Å². The van der Waals surface area contributed by atoms with E-state index >= 15 is 0 Å². The molecule has 0 aromatic carbocycles. The Morgan fingerprint density at radius 3 is 2.23 bits per heavy atom. The molecule has 4 heteroatoms. The Morgan fingerprint density at radius 2 is 1.85 bits per heavy atom. The van der Waals surface area contributed by atoms with Gasteiger partial charge in [0.25, 0.3) is 0 Å². The van der Waals surface area contributed by atoms with E-state index in [1.54, 1.807) is 6.92 Å². The second-order valence-corrected chi connectivity index (χ2v) is 6.69. The third kappa shape index (κ3) is 6.33. The largest absolute Gasteiger partial charge is 0.229 e. The van der Waals surface area contributed by atoms with Crippen LogP contribution in [-0.4, -0.2) is 25.3 Å². The molecule has 2 unspecified atom stereocenters. The van der Waals surface area contributed by atoms with Crippen molar-refractivity contribution in [2.75, 3.05) is 11.5 Å². The van der Waals surface area contributed by atoms with E-state index in [1.807, 2.05) is 6.92 Å². The maximum atomic E-state index is 11.1. The number of rotatable bonds is 6. The van der Waals surface area contributed by atoms with E-state index in [0.717, 1.165) is 12.8 Å². The van der Waals surface area contributed by atoms with Crippen molar-refractivity contribution in [3.63, 3.8) is 0 Å². The molecule has 0 radical (unpaired) electrons. The molecule has 0 fully saturated rings. The summed E-state index contributed by atoms with van der Waals surface area (Å²) in [7, 11) is -2.78. The van der Waals surface area contributed by atoms with Crippen molar-refractivity contribution < 1.29 is 8.42 Å². The highest BCUT2D eigenvalue weighted by atomic mass is 35.5. The zero-order chi connectivity index (χ0) is 10.5. The van der Waals surface area contributed by atoms with E-state index in [-0.39, 0.29) is 11.1 Å². The van der Waals surface area contributed by atoms with Gasteiger partial charge in [-0.3, -0.25) is 0 Å². The molecule has 0 amide bonds. The minimum absolute atomic E-state index is 0.129. The van der Waals surface area contributed by atoms with Crippen LogP contribution in [0.25, 0.3) is 0 Å². The number of hydrogen-bond acceptors (Lipinski definition) is 2. The molecule has 0 aliphatic heterocycles. The second kappa shape index (κ2) is 5.86. The molecule has 0 N–H and O–H groups in total. The maximum Gasteiger partial charge on any atom is 0.150 e. The zero-order valence-corrected chi connectivity index (χ0v) is 10.2. The van der Waals surface area contributed by atoms with Crippen LogP contribution in [0, 0.1) is 5.92 Å². The fourth-order valence-electron chi connectivity index (χ4n) is 0.999. The Labute approximate surface area is 86.6 Å². The van der Waals surface area contributed by atoms with Gasteiger partial charge >= 0.3 is 0 Å². The SMILES string of the molecule is CCS(=O)(=O)CCCC(C)C(C)Cl. The van der Waals surface area contributed by atoms with Gasteiger partial charge in [-0.1, -0.05) is 13.8 Å². The summed E-state index contributed by atoms with van der Waals surface area (Å²) in [6, 6.07) is 0. The van der Waals surface area contributed by atoms with E-state index < -0.39 is 9.84 Å². The Balaban J connectivity index is 3.69. The van der Waals surface area contributed by atoms with Crippen molar-refractivity contribution >= 4 is 21.4 Å². The van der Waals surface area contributed by atoms with Crippen molar-refractivity contribution in [1.29, 1.82) is 0 Å². The standard InChI is InChI=1S/C9H19ClO2S/c1-4-13(11,12)7-5-6-8(2)9(3)10/h8-9H,4-7H2,1-3H3. The monoisotopic (exact) mass is 226 g/mol. The van der Waals surface area contributed by atoms with Crippen molar-refractivity contribution in [3.8, 4) is 0 Å². The Kier molecular flexibility index (Phi) is 5.97. The van der Waals surface area contributed by atoms with Gasteiger partial charge in [0.05, 0.1) is 5.75 Å². The van der Waals surface area contributed by atoms with Gasteiger partial charge in [-0.15, -0.1) is 11.6 Å². The summed E-state index contributed by atoms with van der Waals surface area (Å²) in [6.45, 7) is 5.68. The molecule has 0 aliphatic rings. The minimum atomic E-state index is -2.78. The topological polar surface area (TPSA) is 34.1 Å². The predicted molar refractivity (Wildman–Crippen MR) is 58.0 cm³/mol. The van der Waals surface area contributed by atoms with Crippen LogP contribution in [0.1, 0.15) is 33.6 Å². The van der Waals surface area contributed by atoms with Gasteiger partial charge in [-0.25, -0.2) is 8.42 Å². The lowest BCUT2D eigenvalue weighted by Gasteiger charge is -2.12. The van der Waals surface area contributed by atoms with Gasteiger partial charge in [0.1, 0.15) is 9.84 Å². The molecule has 80 valence electrons. The maximum absolute atomic E-state index is 11.1. The molecule has 2 atom stereocenters. The van der Waals surface area contributed by atoms with Crippen LogP contribution in [0.4, 0.5) is 0 Å². The van der Waals surface area contributed by atoms with Crippen molar-refractivity contribution in [2.24, 2.45) is 5.92 Å². The third-order valence-corrected chi connectivity index (χ3v) is 4.56. The minimum Gasteiger partial charge on any atom is -0.229 e. The highest BCUT2D eigenvalue weighted by Crippen LogP contribution is 2.15. The van der Waals surface area contributed by atoms with Gasteiger partial charge in [0.15, 0.2) is 0 Å². The van der Waals surface area contributed by atoms with Crippen molar-refractivity contribution in [3.05, 3.63) is 0 Å². The third-order valence-electron chi connectivity index (χ3n) is 2.34. The van der Waals surface area contributed by atoms with Crippen LogP contribution in [0.15, 0.2) is 0 Å². The van der Waals surface area contributed by atoms with Gasteiger partial charge < -0.3 is 0 Å². The van der Waals surface area contributed by atoms with Gasteiger partial charge in [0, 0.05) is 11.1 Å². The van der Waals surface area contributed by atoms with E-state index in [0.29, 0.717) is 11.7 Å². The highest BCUT2D eigenvalue weighted by molar-refractivity contribution is 7.91. The molecule has 0 spiro atoms. The van der Waals surface area contributed by atoms with E-state index in [1.165, 1.54) is 0 Å². The van der Waals surface area contributed by atoms with E-state index in [4.69, 9.17) is 11.6 Å². The van der Waals surface area contributed by atoms with Crippen LogP contribution in [0.2, 0.25) is 0 Å². The molecule has 0 rings (SSSR count). The van der Waals surface area contributed by atoms with Gasteiger partial charge in [0.2, 0.25) is 0 Å². The van der Waals surface area contributed by atoms with Crippen LogP contribution >= 0.6 is 11.6 Å². The lowest BCUT2D eigenvalue weighted by atomic mass is 10.0. The van der Waals surface area contributed by atoms with E-state index in [2.05, 4.69) is 6.92 Å². The molecular formula is C9H19ClO2S. The summed E-state index contributed by atoms with van der Waals surface area (Å²) in [6.07, 6.45) is 1.62. The first-order valence-corrected chi connectivity index (χ1v) is 6.99. The van der Waals surface area contributed by atoms with Gasteiger partial charge in [-0.05, 0) is 25.7 Å². The average Bonchev–Trinajstić information content (AvgIpc) is 2.04. The van der Waals surface area contributed by atoms with Crippen molar-refractivity contribution in [1.82, 2.24) is 0 Å². The number of sulfone groups is 1. The zero-order valence-electron chi connectivity index (χ0n) is 8.59. The molecular weight excluding hydrogens is 208 g/mol. The number of alkyl halides is 1. The summed E-state index contributed by atoms with van der Waals surface area (Å²) in [5, 5.41) is 0.129. The first kappa shape index (κ1) is 13.2. The molecule has 0 aromatic heterocycles. The summed E-state index contributed by atoms with van der Waals surface area (Å²) in [4.78, 5) is 0. The van der Waals surface area contributed by atoms with Crippen molar-refractivity contribution in [2.45, 2.75) is 39.0 Å². The molecule has 0 heterocycles. The molecule has 0 bridgehead atoms. The normalized spacial score (nSPS) is 16.9. The lowest BCUT2D eigenvalue weighted by molar-refractivity contribution is 0.512. The Hall–Kier alpha value is 0.240. The molecule has 0 saturated heterocycles. The molecule has 13 heavy (non-hydrogen) atoms. The summed E-state index contributed by atoms with van der Waals surface area (Å²) < 4.78 is 22.2. The van der Waals surface area contributed by atoms with Crippen LogP contribution in [-0.2, 0) is 9.84 Å². The first-order chi connectivity index (χ1) is 5.89. The highest BCUT2D eigenvalue weighted by Gasteiger charge is 2.11. The van der Waals surface area contributed by atoms with Gasteiger partial charge in [-0.2, -0.15) is 0 Å². The van der Waals surface area contributed by atoms with E-state index in [9.17, 15) is 8.42 Å². The molecule has 2 nitrogen and oxygen atoms in total. The quantitative estimate of drug-likeness (QED) is 0.652. The Bertz CT molecular complexity index is 222.